The summed E-state index contributed by atoms with van der Waals surface area (Å²) in [4.78, 5) is 40.5. The van der Waals surface area contributed by atoms with Crippen molar-refractivity contribution in [2.75, 3.05) is 31.2 Å². The number of aromatic nitrogens is 3. The fraction of sp³-hybridized carbons (Fsp3) is 0.391. The van der Waals surface area contributed by atoms with E-state index in [1.807, 2.05) is 29.2 Å². The molecule has 1 aliphatic carbocycles. The fourth-order valence-electron chi connectivity index (χ4n) is 4.35. The summed E-state index contributed by atoms with van der Waals surface area (Å²) >= 11 is 0. The number of Topliss-reactive ketones (excluding diaryl/α,β-unsaturated/α-hetero) is 1. The number of aromatic amines is 1. The Morgan fingerprint density at radius 2 is 1.80 bits per heavy atom. The second-order valence-corrected chi connectivity index (χ2v) is 7.82. The van der Waals surface area contributed by atoms with Crippen molar-refractivity contribution in [3.05, 3.63) is 51.4 Å². The van der Waals surface area contributed by atoms with Crippen LogP contribution in [0.3, 0.4) is 0 Å². The van der Waals surface area contributed by atoms with Gasteiger partial charge in [-0.05, 0) is 30.4 Å². The predicted molar refractivity (Wildman–Crippen MR) is 115 cm³/mol. The number of carbonyl (C=O) groups is 1. The first-order valence-corrected chi connectivity index (χ1v) is 10.6. The molecule has 0 amide bonds. The van der Waals surface area contributed by atoms with Gasteiger partial charge in [-0.1, -0.05) is 31.2 Å². The highest BCUT2D eigenvalue weighted by atomic mass is 16.5. The number of nitrogens with zero attached hydrogens (tertiary/aromatic N) is 3. The topological polar surface area (TPSA) is 88.2 Å². The number of hydrogen-bond acceptors (Lipinski definition) is 6. The molecule has 0 unspecified atom stereocenters. The van der Waals surface area contributed by atoms with Gasteiger partial charge in [0.2, 0.25) is 5.95 Å². The lowest BCUT2D eigenvalue weighted by Gasteiger charge is -2.27. The first-order valence-electron chi connectivity index (χ1n) is 10.6. The molecule has 0 atom stereocenters. The molecule has 3 aromatic rings. The van der Waals surface area contributed by atoms with E-state index in [1.165, 1.54) is 5.56 Å². The number of carbonyl (C=O) groups excluding carboxylic acids is 1. The summed E-state index contributed by atoms with van der Waals surface area (Å²) < 4.78 is 5.41. The molecule has 0 spiro atoms. The first-order chi connectivity index (χ1) is 14.7. The highest BCUT2D eigenvalue weighted by molar-refractivity contribution is 6.10. The molecule has 30 heavy (non-hydrogen) atoms. The Labute approximate surface area is 174 Å². The van der Waals surface area contributed by atoms with Gasteiger partial charge in [-0.15, -0.1) is 0 Å². The Hall–Kier alpha value is -3.06. The van der Waals surface area contributed by atoms with Crippen LogP contribution < -0.4 is 10.5 Å². The number of benzene rings is 1. The molecular weight excluding hydrogens is 380 g/mol. The first kappa shape index (κ1) is 18.9. The molecule has 1 N–H and O–H groups in total. The average molecular weight is 404 g/mol. The third-order valence-corrected chi connectivity index (χ3v) is 5.97. The van der Waals surface area contributed by atoms with E-state index >= 15 is 0 Å². The van der Waals surface area contributed by atoms with E-state index in [2.05, 4.69) is 11.9 Å². The van der Waals surface area contributed by atoms with E-state index in [-0.39, 0.29) is 11.3 Å². The van der Waals surface area contributed by atoms with Gasteiger partial charge in [-0.25, -0.2) is 4.98 Å². The Morgan fingerprint density at radius 1 is 1.03 bits per heavy atom. The summed E-state index contributed by atoms with van der Waals surface area (Å²) in [6, 6.07) is 8.08. The molecule has 2 aliphatic rings. The number of ether oxygens (including phenoxy) is 1. The van der Waals surface area contributed by atoms with Gasteiger partial charge in [0, 0.05) is 30.6 Å². The zero-order valence-corrected chi connectivity index (χ0v) is 17.0. The van der Waals surface area contributed by atoms with Gasteiger partial charge in [-0.2, -0.15) is 4.98 Å². The number of fused-ring (bicyclic) bond motifs is 2. The second kappa shape index (κ2) is 7.65. The van der Waals surface area contributed by atoms with Gasteiger partial charge in [-0.3, -0.25) is 14.6 Å². The molecular formula is C23H24N4O3. The lowest BCUT2D eigenvalue weighted by Crippen LogP contribution is -2.38. The van der Waals surface area contributed by atoms with Crippen molar-refractivity contribution in [3.63, 3.8) is 0 Å². The summed E-state index contributed by atoms with van der Waals surface area (Å²) in [5.74, 6) is 0.564. The summed E-state index contributed by atoms with van der Waals surface area (Å²) in [7, 11) is 0. The Balaban J connectivity index is 1.77. The molecule has 2 aromatic heterocycles. The standard InChI is InChI=1S/C23H24N4O3/c1-2-14-6-8-15(9-7-14)18-19-16(4-3-5-17(19)28)24-21-20(18)22(29)26-23(25-21)27-10-12-30-13-11-27/h6-9H,2-5,10-13H2,1H3,(H,24,25,26,29). The second-order valence-electron chi connectivity index (χ2n) is 7.82. The van der Waals surface area contributed by atoms with Crippen LogP contribution in [-0.2, 0) is 17.6 Å². The van der Waals surface area contributed by atoms with E-state index in [0.717, 1.165) is 30.5 Å². The smallest absolute Gasteiger partial charge is 0.262 e. The highest BCUT2D eigenvalue weighted by Crippen LogP contribution is 2.35. The summed E-state index contributed by atoms with van der Waals surface area (Å²) in [6.07, 6.45) is 2.91. The zero-order chi connectivity index (χ0) is 20.7. The number of anilines is 1. The SMILES string of the molecule is CCc1ccc(-c2c3c(nc4nc(N5CCOCC5)[nH]c(=O)c24)CCCC3=O)cc1. The molecule has 3 heterocycles. The monoisotopic (exact) mass is 404 g/mol. The molecule has 154 valence electrons. The van der Waals surface area contributed by atoms with E-state index < -0.39 is 0 Å². The van der Waals surface area contributed by atoms with E-state index in [4.69, 9.17) is 14.7 Å². The lowest BCUT2D eigenvalue weighted by molar-refractivity contribution is 0.0972. The van der Waals surface area contributed by atoms with Crippen molar-refractivity contribution >= 4 is 22.8 Å². The van der Waals surface area contributed by atoms with Crippen molar-refractivity contribution < 1.29 is 9.53 Å². The van der Waals surface area contributed by atoms with Crippen LogP contribution in [0.25, 0.3) is 22.2 Å². The Bertz CT molecular complexity index is 1180. The molecule has 7 heteroatoms. The maximum Gasteiger partial charge on any atom is 0.262 e. The zero-order valence-electron chi connectivity index (χ0n) is 17.0. The van der Waals surface area contributed by atoms with Crippen LogP contribution >= 0.6 is 0 Å². The van der Waals surface area contributed by atoms with Crippen LogP contribution in [0.15, 0.2) is 29.1 Å². The minimum absolute atomic E-state index is 0.0527. The molecule has 0 bridgehead atoms. The van der Waals surface area contributed by atoms with Gasteiger partial charge >= 0.3 is 0 Å². The molecule has 0 saturated carbocycles. The maximum atomic E-state index is 13.2. The number of aryl methyl sites for hydroxylation is 2. The molecule has 5 rings (SSSR count). The van der Waals surface area contributed by atoms with Gasteiger partial charge in [0.15, 0.2) is 11.4 Å². The van der Waals surface area contributed by atoms with Crippen molar-refractivity contribution in [1.82, 2.24) is 15.0 Å². The fourth-order valence-corrected chi connectivity index (χ4v) is 4.35. The molecule has 1 fully saturated rings. The minimum Gasteiger partial charge on any atom is -0.378 e. The van der Waals surface area contributed by atoms with Crippen molar-refractivity contribution in [3.8, 4) is 11.1 Å². The molecule has 0 radical (unpaired) electrons. The van der Waals surface area contributed by atoms with Crippen LogP contribution in [0.2, 0.25) is 0 Å². The number of ketones is 1. The van der Waals surface area contributed by atoms with Crippen LogP contribution in [0, 0.1) is 0 Å². The minimum atomic E-state index is -0.260. The number of H-pyrrole nitrogens is 1. The van der Waals surface area contributed by atoms with E-state index in [1.54, 1.807) is 0 Å². The van der Waals surface area contributed by atoms with Crippen LogP contribution in [-0.4, -0.2) is 47.0 Å². The third-order valence-electron chi connectivity index (χ3n) is 5.97. The third kappa shape index (κ3) is 3.19. The average Bonchev–Trinajstić information content (AvgIpc) is 2.78. The van der Waals surface area contributed by atoms with Crippen molar-refractivity contribution in [2.24, 2.45) is 0 Å². The number of hydrogen-bond donors (Lipinski definition) is 1. The summed E-state index contributed by atoms with van der Waals surface area (Å²) in [5, 5.41) is 0.394. The van der Waals surface area contributed by atoms with Crippen LogP contribution in [0.5, 0.6) is 0 Å². The van der Waals surface area contributed by atoms with E-state index in [9.17, 15) is 9.59 Å². The normalized spacial score (nSPS) is 16.7. The van der Waals surface area contributed by atoms with Crippen molar-refractivity contribution in [1.29, 1.82) is 0 Å². The van der Waals surface area contributed by atoms with E-state index in [0.29, 0.717) is 60.8 Å². The quantitative estimate of drug-likeness (QED) is 0.722. The van der Waals surface area contributed by atoms with Gasteiger partial charge in [0.25, 0.3) is 5.56 Å². The van der Waals surface area contributed by atoms with Gasteiger partial charge in [0.1, 0.15) is 0 Å². The molecule has 1 saturated heterocycles. The Morgan fingerprint density at radius 3 is 2.53 bits per heavy atom. The lowest BCUT2D eigenvalue weighted by atomic mass is 9.86. The van der Waals surface area contributed by atoms with Gasteiger partial charge < -0.3 is 9.64 Å². The predicted octanol–water partition coefficient (Wildman–Crippen LogP) is 2.90. The summed E-state index contributed by atoms with van der Waals surface area (Å²) in [6.45, 7) is 4.64. The number of nitrogens with one attached hydrogen (secondary N) is 1. The maximum absolute atomic E-state index is 13.2. The van der Waals surface area contributed by atoms with Crippen molar-refractivity contribution in [2.45, 2.75) is 32.6 Å². The number of pyridine rings is 1. The van der Waals surface area contributed by atoms with Crippen LogP contribution in [0.4, 0.5) is 5.95 Å². The largest absolute Gasteiger partial charge is 0.378 e. The highest BCUT2D eigenvalue weighted by Gasteiger charge is 2.28. The number of rotatable bonds is 3. The molecule has 1 aromatic carbocycles. The molecule has 1 aliphatic heterocycles. The number of morpholine rings is 1. The summed E-state index contributed by atoms with van der Waals surface area (Å²) in [5.41, 5.74) is 4.22. The van der Waals surface area contributed by atoms with Gasteiger partial charge in [0.05, 0.1) is 24.3 Å². The van der Waals surface area contributed by atoms with Crippen LogP contribution in [0.1, 0.15) is 41.4 Å². The molecule has 7 nitrogen and oxygen atoms in total. The Kier molecular flexibility index (Phi) is 4.83.